The molecule has 3 rings (SSSR count). The number of methoxy groups -OCH3 is 1. The monoisotopic (exact) mass is 474 g/mol. The Labute approximate surface area is 185 Å². The van der Waals surface area contributed by atoms with Crippen LogP contribution in [0.25, 0.3) is 0 Å². The summed E-state index contributed by atoms with van der Waals surface area (Å²) < 4.78 is 5.81. The molecule has 2 aromatic carbocycles. The van der Waals surface area contributed by atoms with Crippen LogP contribution in [0.1, 0.15) is 29.6 Å². The number of amides is 3. The maximum Gasteiger partial charge on any atom is 0.323 e. The number of ether oxygens (including phenoxy) is 1. The van der Waals surface area contributed by atoms with Crippen molar-refractivity contribution in [2.24, 2.45) is 0 Å². The van der Waals surface area contributed by atoms with Crippen molar-refractivity contribution in [2.45, 2.75) is 19.3 Å². The van der Waals surface area contributed by atoms with Crippen LogP contribution in [0, 0.1) is 0 Å². The molecule has 3 amide bonds. The van der Waals surface area contributed by atoms with Crippen LogP contribution in [0.3, 0.4) is 0 Å². The highest BCUT2D eigenvalue weighted by molar-refractivity contribution is 9.10. The van der Waals surface area contributed by atoms with Gasteiger partial charge in [0.2, 0.25) is 0 Å². The summed E-state index contributed by atoms with van der Waals surface area (Å²) in [6, 6.07) is 12.5. The van der Waals surface area contributed by atoms with E-state index >= 15 is 0 Å². The van der Waals surface area contributed by atoms with E-state index < -0.39 is 0 Å². The molecule has 0 unspecified atom stereocenters. The van der Waals surface area contributed by atoms with Crippen molar-refractivity contribution in [3.8, 4) is 0 Å². The lowest BCUT2D eigenvalue weighted by Crippen LogP contribution is -2.33. The van der Waals surface area contributed by atoms with Gasteiger partial charge >= 0.3 is 6.03 Å². The van der Waals surface area contributed by atoms with Gasteiger partial charge in [0.25, 0.3) is 5.91 Å². The van der Waals surface area contributed by atoms with Crippen molar-refractivity contribution in [1.29, 1.82) is 0 Å². The zero-order valence-electron chi connectivity index (χ0n) is 17.0. The van der Waals surface area contributed by atoms with Crippen LogP contribution in [0.15, 0.2) is 46.9 Å². The molecule has 0 atom stereocenters. The van der Waals surface area contributed by atoms with Gasteiger partial charge in [-0.3, -0.25) is 4.79 Å². The number of hydrogen-bond acceptors (Lipinski definition) is 4. The highest BCUT2D eigenvalue weighted by Crippen LogP contribution is 2.28. The van der Waals surface area contributed by atoms with Gasteiger partial charge in [-0.2, -0.15) is 0 Å². The van der Waals surface area contributed by atoms with Gasteiger partial charge < -0.3 is 25.6 Å². The molecule has 1 fully saturated rings. The number of urea groups is 1. The van der Waals surface area contributed by atoms with Gasteiger partial charge in [-0.1, -0.05) is 12.1 Å². The average molecular weight is 475 g/mol. The van der Waals surface area contributed by atoms with Crippen LogP contribution in [-0.4, -0.2) is 45.3 Å². The molecule has 1 aliphatic heterocycles. The molecule has 2 aromatic rings. The molecule has 1 heterocycles. The molecule has 30 heavy (non-hydrogen) atoms. The van der Waals surface area contributed by atoms with Crippen molar-refractivity contribution < 1.29 is 14.3 Å². The fourth-order valence-corrected chi connectivity index (χ4v) is 3.80. The molecule has 1 saturated heterocycles. The Hall–Kier alpha value is -2.58. The second-order valence-corrected chi connectivity index (χ2v) is 7.94. The van der Waals surface area contributed by atoms with Gasteiger partial charge in [0.1, 0.15) is 0 Å². The van der Waals surface area contributed by atoms with Crippen molar-refractivity contribution in [1.82, 2.24) is 5.32 Å². The first-order valence-electron chi connectivity index (χ1n) is 10.1. The number of anilines is 3. The van der Waals surface area contributed by atoms with E-state index in [9.17, 15) is 9.59 Å². The van der Waals surface area contributed by atoms with Gasteiger partial charge in [0.05, 0.1) is 17.9 Å². The average Bonchev–Trinajstić information content (AvgIpc) is 2.76. The highest BCUT2D eigenvalue weighted by atomic mass is 79.9. The number of carbonyl (C=O) groups is 2. The normalized spacial score (nSPS) is 13.6. The van der Waals surface area contributed by atoms with Crippen molar-refractivity contribution in [3.05, 3.63) is 52.5 Å². The number of nitrogens with one attached hydrogen (secondary N) is 3. The summed E-state index contributed by atoms with van der Waals surface area (Å²) in [5.74, 6) is -0.178. The molecular formula is C22H27BrN4O3. The Morgan fingerprint density at radius 1 is 1.07 bits per heavy atom. The fourth-order valence-electron chi connectivity index (χ4n) is 3.42. The minimum Gasteiger partial charge on any atom is -0.383 e. The fraction of sp³-hybridized carbons (Fsp3) is 0.364. The maximum atomic E-state index is 12.8. The lowest BCUT2D eigenvalue weighted by molar-refractivity contribution is 0.0937. The number of halogens is 1. The third-order valence-corrected chi connectivity index (χ3v) is 5.60. The number of hydrogen-bond donors (Lipinski definition) is 3. The first-order chi connectivity index (χ1) is 14.6. The third kappa shape index (κ3) is 5.96. The third-order valence-electron chi connectivity index (χ3n) is 4.91. The number of benzene rings is 2. The minimum absolute atomic E-state index is 0.178. The standard InChI is InChI=1S/C22H27BrN4O3/c1-30-14-11-24-21(28)17-15-16(9-10-20(17)27-12-5-2-6-13-27)25-22(29)26-19-8-4-3-7-18(19)23/h3-4,7-10,15H,2,5-6,11-14H2,1H3,(H,24,28)(H2,25,26,29). The number of nitrogens with zero attached hydrogens (tertiary/aromatic N) is 1. The predicted molar refractivity (Wildman–Crippen MR) is 123 cm³/mol. The summed E-state index contributed by atoms with van der Waals surface area (Å²) in [6.45, 7) is 2.72. The van der Waals surface area contributed by atoms with E-state index in [1.165, 1.54) is 6.42 Å². The van der Waals surface area contributed by atoms with E-state index in [1.807, 2.05) is 30.3 Å². The number of piperidine rings is 1. The summed E-state index contributed by atoms with van der Waals surface area (Å²) >= 11 is 3.41. The number of rotatable bonds is 7. The minimum atomic E-state index is -0.377. The van der Waals surface area contributed by atoms with Gasteiger partial charge in [0.15, 0.2) is 0 Å². The SMILES string of the molecule is COCCNC(=O)c1cc(NC(=O)Nc2ccccc2Br)ccc1N1CCCCC1. The lowest BCUT2D eigenvalue weighted by Gasteiger charge is -2.30. The van der Waals surface area contributed by atoms with Crippen molar-refractivity contribution >= 4 is 44.9 Å². The van der Waals surface area contributed by atoms with Gasteiger partial charge in [-0.15, -0.1) is 0 Å². The first kappa shape index (κ1) is 22.1. The zero-order valence-corrected chi connectivity index (χ0v) is 18.6. The van der Waals surface area contributed by atoms with E-state index in [0.717, 1.165) is 36.1 Å². The van der Waals surface area contributed by atoms with Gasteiger partial charge in [-0.05, 0) is 65.5 Å². The second-order valence-electron chi connectivity index (χ2n) is 7.09. The van der Waals surface area contributed by atoms with Crippen LogP contribution in [0.2, 0.25) is 0 Å². The highest BCUT2D eigenvalue weighted by Gasteiger charge is 2.19. The quantitative estimate of drug-likeness (QED) is 0.517. The first-order valence-corrected chi connectivity index (χ1v) is 10.9. The van der Waals surface area contributed by atoms with Crippen molar-refractivity contribution in [2.75, 3.05) is 48.9 Å². The second kappa shape index (κ2) is 11.0. The Morgan fingerprint density at radius 3 is 2.57 bits per heavy atom. The molecule has 160 valence electrons. The Morgan fingerprint density at radius 2 is 1.83 bits per heavy atom. The van der Waals surface area contributed by atoms with E-state index in [4.69, 9.17) is 4.74 Å². The molecule has 0 bridgehead atoms. The Bertz CT molecular complexity index is 884. The van der Waals surface area contributed by atoms with Crippen molar-refractivity contribution in [3.63, 3.8) is 0 Å². The molecule has 0 radical (unpaired) electrons. The van der Waals surface area contributed by atoms with E-state index in [0.29, 0.717) is 30.1 Å². The smallest absolute Gasteiger partial charge is 0.323 e. The molecule has 0 aromatic heterocycles. The van der Waals surface area contributed by atoms with E-state index in [1.54, 1.807) is 19.2 Å². The Kier molecular flexibility index (Phi) is 8.10. The van der Waals surface area contributed by atoms with Crippen LogP contribution in [-0.2, 0) is 4.74 Å². The van der Waals surface area contributed by atoms with E-state index in [2.05, 4.69) is 36.8 Å². The summed E-state index contributed by atoms with van der Waals surface area (Å²) in [5, 5.41) is 8.50. The molecule has 1 aliphatic rings. The van der Waals surface area contributed by atoms with Gasteiger partial charge in [0, 0.05) is 42.6 Å². The number of para-hydroxylation sites is 1. The largest absolute Gasteiger partial charge is 0.383 e. The maximum absolute atomic E-state index is 12.8. The molecule has 3 N–H and O–H groups in total. The molecule has 0 saturated carbocycles. The summed E-state index contributed by atoms with van der Waals surface area (Å²) in [5.41, 5.74) is 2.66. The topological polar surface area (TPSA) is 82.7 Å². The molecule has 7 nitrogen and oxygen atoms in total. The van der Waals surface area contributed by atoms with Crippen LogP contribution in [0.5, 0.6) is 0 Å². The number of carbonyl (C=O) groups excluding carboxylic acids is 2. The Balaban J connectivity index is 1.77. The zero-order chi connectivity index (χ0) is 21.3. The predicted octanol–water partition coefficient (Wildman–Crippen LogP) is 4.46. The van der Waals surface area contributed by atoms with Crippen LogP contribution < -0.4 is 20.9 Å². The molecule has 0 spiro atoms. The summed E-state index contributed by atoms with van der Waals surface area (Å²) in [4.78, 5) is 27.5. The summed E-state index contributed by atoms with van der Waals surface area (Å²) in [6.07, 6.45) is 3.43. The summed E-state index contributed by atoms with van der Waals surface area (Å²) in [7, 11) is 1.60. The molecule has 0 aliphatic carbocycles. The molecule has 8 heteroatoms. The van der Waals surface area contributed by atoms with Crippen LogP contribution >= 0.6 is 15.9 Å². The van der Waals surface area contributed by atoms with E-state index in [-0.39, 0.29) is 11.9 Å². The lowest BCUT2D eigenvalue weighted by atomic mass is 10.1. The van der Waals surface area contributed by atoms with Gasteiger partial charge in [-0.25, -0.2) is 4.79 Å². The molecular weight excluding hydrogens is 448 g/mol. The van der Waals surface area contributed by atoms with Crippen LogP contribution in [0.4, 0.5) is 21.9 Å².